The lowest BCUT2D eigenvalue weighted by Gasteiger charge is -2.29. The van der Waals surface area contributed by atoms with E-state index < -0.39 is 31.3 Å². The van der Waals surface area contributed by atoms with Crippen molar-refractivity contribution in [3.63, 3.8) is 0 Å². The highest BCUT2D eigenvalue weighted by molar-refractivity contribution is 6.32. The summed E-state index contributed by atoms with van der Waals surface area (Å²) in [4.78, 5) is 16.5. The van der Waals surface area contributed by atoms with Crippen molar-refractivity contribution in [2.24, 2.45) is 0 Å². The number of carbonyl (C=O) groups excluding carboxylic acids is 1. The quantitative estimate of drug-likeness (QED) is 0.802. The topological polar surface area (TPSA) is 90.9 Å². The molecule has 2 N–H and O–H groups in total. The van der Waals surface area contributed by atoms with Gasteiger partial charge in [-0.1, -0.05) is 11.6 Å². The lowest BCUT2D eigenvalue weighted by molar-refractivity contribution is -0.122. The van der Waals surface area contributed by atoms with E-state index in [1.54, 1.807) is 16.7 Å². The molecule has 3 rings (SSSR count). The predicted molar refractivity (Wildman–Crippen MR) is 92.5 cm³/mol. The SMILES string of the molecule is N#Cc1cc2c(cc1Cl)nc(NC(=O)CC(O)(CF)CF)n2C1CCC1. The highest BCUT2D eigenvalue weighted by Crippen LogP contribution is 2.38. The van der Waals surface area contributed by atoms with E-state index in [1.165, 1.54) is 0 Å². The number of nitrogens with one attached hydrogen (secondary N) is 1. The fourth-order valence-electron chi connectivity index (χ4n) is 2.90. The summed E-state index contributed by atoms with van der Waals surface area (Å²) in [5.41, 5.74) is -0.893. The molecule has 1 aromatic carbocycles. The molecule has 1 aliphatic carbocycles. The first-order valence-electron chi connectivity index (χ1n) is 8.16. The zero-order valence-corrected chi connectivity index (χ0v) is 14.6. The van der Waals surface area contributed by atoms with Gasteiger partial charge >= 0.3 is 0 Å². The summed E-state index contributed by atoms with van der Waals surface area (Å²) in [5, 5.41) is 21.6. The number of hydrogen-bond donors (Lipinski definition) is 2. The molecule has 1 amide bonds. The van der Waals surface area contributed by atoms with Gasteiger partial charge in [0.2, 0.25) is 11.9 Å². The molecule has 1 aromatic heterocycles. The molecular weight excluding hydrogens is 366 g/mol. The largest absolute Gasteiger partial charge is 0.384 e. The second-order valence-electron chi connectivity index (χ2n) is 6.54. The summed E-state index contributed by atoms with van der Waals surface area (Å²) in [7, 11) is 0. The van der Waals surface area contributed by atoms with Crippen LogP contribution in [0.4, 0.5) is 14.7 Å². The van der Waals surface area contributed by atoms with Gasteiger partial charge in [0.05, 0.1) is 28.0 Å². The number of fused-ring (bicyclic) bond motifs is 1. The highest BCUT2D eigenvalue weighted by Gasteiger charge is 2.32. The third-order valence-corrected chi connectivity index (χ3v) is 4.89. The highest BCUT2D eigenvalue weighted by atomic mass is 35.5. The van der Waals surface area contributed by atoms with Crippen LogP contribution in [0.15, 0.2) is 12.1 Å². The number of halogens is 3. The lowest BCUT2D eigenvalue weighted by Crippen LogP contribution is -2.38. The van der Waals surface area contributed by atoms with Gasteiger partial charge < -0.3 is 9.67 Å². The minimum Gasteiger partial charge on any atom is -0.384 e. The Labute approximate surface area is 153 Å². The Morgan fingerprint density at radius 1 is 1.46 bits per heavy atom. The first kappa shape index (κ1) is 18.5. The van der Waals surface area contributed by atoms with Gasteiger partial charge in [-0.05, 0) is 31.4 Å². The van der Waals surface area contributed by atoms with E-state index in [9.17, 15) is 23.9 Å². The molecule has 0 spiro atoms. The Balaban J connectivity index is 1.97. The number of rotatable bonds is 6. The summed E-state index contributed by atoms with van der Waals surface area (Å²) >= 11 is 6.05. The van der Waals surface area contributed by atoms with Crippen LogP contribution < -0.4 is 5.32 Å². The van der Waals surface area contributed by atoms with E-state index >= 15 is 0 Å². The summed E-state index contributed by atoms with van der Waals surface area (Å²) in [6, 6.07) is 5.26. The first-order valence-corrected chi connectivity index (χ1v) is 8.54. The molecule has 0 unspecified atom stereocenters. The van der Waals surface area contributed by atoms with Gasteiger partial charge in [0.15, 0.2) is 0 Å². The van der Waals surface area contributed by atoms with Crippen LogP contribution in [0.3, 0.4) is 0 Å². The molecule has 138 valence electrons. The van der Waals surface area contributed by atoms with Crippen molar-refractivity contribution < 1.29 is 18.7 Å². The molecule has 2 aromatic rings. The van der Waals surface area contributed by atoms with Gasteiger partial charge in [-0.15, -0.1) is 0 Å². The van der Waals surface area contributed by atoms with Gasteiger partial charge in [0, 0.05) is 6.04 Å². The number of anilines is 1. The van der Waals surface area contributed by atoms with Crippen molar-refractivity contribution in [2.75, 3.05) is 18.7 Å². The Kier molecular flexibility index (Phi) is 5.12. The van der Waals surface area contributed by atoms with Crippen molar-refractivity contribution in [3.8, 4) is 6.07 Å². The molecule has 26 heavy (non-hydrogen) atoms. The molecule has 0 atom stereocenters. The van der Waals surface area contributed by atoms with E-state index in [0.717, 1.165) is 19.3 Å². The number of nitriles is 1. The first-order chi connectivity index (χ1) is 12.4. The van der Waals surface area contributed by atoms with Crippen LogP contribution in [-0.2, 0) is 4.79 Å². The molecule has 0 radical (unpaired) electrons. The third kappa shape index (κ3) is 3.37. The van der Waals surface area contributed by atoms with E-state index in [4.69, 9.17) is 11.6 Å². The average Bonchev–Trinajstić information content (AvgIpc) is 2.89. The predicted octanol–water partition coefficient (Wildman–Crippen LogP) is 3.29. The van der Waals surface area contributed by atoms with Crippen LogP contribution in [0.1, 0.15) is 37.3 Å². The Hall–Kier alpha value is -2.24. The Bertz CT molecular complexity index is 885. The van der Waals surface area contributed by atoms with E-state index in [2.05, 4.69) is 10.3 Å². The van der Waals surface area contributed by atoms with Crippen LogP contribution in [0, 0.1) is 11.3 Å². The maximum atomic E-state index is 12.8. The molecule has 1 saturated carbocycles. The third-order valence-electron chi connectivity index (χ3n) is 4.58. The van der Waals surface area contributed by atoms with E-state index in [0.29, 0.717) is 16.6 Å². The van der Waals surface area contributed by atoms with Crippen LogP contribution in [0.25, 0.3) is 11.0 Å². The van der Waals surface area contributed by atoms with Crippen molar-refractivity contribution in [1.82, 2.24) is 9.55 Å². The van der Waals surface area contributed by atoms with Crippen LogP contribution >= 0.6 is 11.6 Å². The number of imidazole rings is 1. The standard InChI is InChI=1S/C17H17ClF2N4O2/c18-12-5-13-14(4-10(12)7-21)24(11-2-1-3-11)16(22-13)23-15(25)6-17(26,8-19)9-20/h4-5,11,26H,1-3,6,8-9H2,(H,22,23,25). The van der Waals surface area contributed by atoms with Gasteiger partial charge in [0.1, 0.15) is 25.0 Å². The molecule has 6 nitrogen and oxygen atoms in total. The summed E-state index contributed by atoms with van der Waals surface area (Å²) < 4.78 is 27.3. The number of nitrogens with zero attached hydrogens (tertiary/aromatic N) is 3. The number of aliphatic hydroxyl groups is 1. The normalized spacial score (nSPS) is 14.9. The molecule has 1 heterocycles. The minimum absolute atomic E-state index is 0.101. The smallest absolute Gasteiger partial charge is 0.229 e. The second kappa shape index (κ2) is 7.17. The van der Waals surface area contributed by atoms with Crippen LogP contribution in [-0.4, -0.2) is 39.5 Å². The second-order valence-corrected chi connectivity index (χ2v) is 6.95. The van der Waals surface area contributed by atoms with Crippen LogP contribution in [0.2, 0.25) is 5.02 Å². The minimum atomic E-state index is -2.34. The molecule has 0 saturated heterocycles. The molecule has 1 aliphatic rings. The van der Waals surface area contributed by atoms with Crippen molar-refractivity contribution in [2.45, 2.75) is 37.3 Å². The van der Waals surface area contributed by atoms with Gasteiger partial charge in [-0.3, -0.25) is 10.1 Å². The summed E-state index contributed by atoms with van der Waals surface area (Å²) in [5.74, 6) is -0.536. The molecule has 0 bridgehead atoms. The van der Waals surface area contributed by atoms with Gasteiger partial charge in [-0.25, -0.2) is 13.8 Å². The van der Waals surface area contributed by atoms with Crippen molar-refractivity contribution >= 4 is 34.5 Å². The maximum absolute atomic E-state index is 12.8. The molecule has 0 aliphatic heterocycles. The van der Waals surface area contributed by atoms with Crippen LogP contribution in [0.5, 0.6) is 0 Å². The number of amides is 1. The number of carbonyl (C=O) groups is 1. The maximum Gasteiger partial charge on any atom is 0.229 e. The Morgan fingerprint density at radius 2 is 2.15 bits per heavy atom. The Morgan fingerprint density at radius 3 is 2.69 bits per heavy atom. The van der Waals surface area contributed by atoms with E-state index in [-0.39, 0.29) is 17.0 Å². The average molecular weight is 383 g/mol. The van der Waals surface area contributed by atoms with Gasteiger partial charge in [0.25, 0.3) is 0 Å². The zero-order valence-electron chi connectivity index (χ0n) is 13.8. The molecule has 9 heteroatoms. The molecule has 1 fully saturated rings. The fraction of sp³-hybridized carbons (Fsp3) is 0.471. The summed E-state index contributed by atoms with van der Waals surface area (Å²) in [6.07, 6.45) is 2.08. The number of benzene rings is 1. The number of aromatic nitrogens is 2. The number of alkyl halides is 2. The van der Waals surface area contributed by atoms with E-state index in [1.807, 2.05) is 6.07 Å². The lowest BCUT2D eigenvalue weighted by atomic mass is 9.92. The number of hydrogen-bond acceptors (Lipinski definition) is 4. The van der Waals surface area contributed by atoms with Crippen molar-refractivity contribution in [3.05, 3.63) is 22.7 Å². The monoisotopic (exact) mass is 382 g/mol. The zero-order chi connectivity index (χ0) is 18.9. The fourth-order valence-corrected chi connectivity index (χ4v) is 3.10. The van der Waals surface area contributed by atoms with Gasteiger partial charge in [-0.2, -0.15) is 5.26 Å². The molecular formula is C17H17ClF2N4O2. The summed E-state index contributed by atoms with van der Waals surface area (Å²) in [6.45, 7) is -2.73. The van der Waals surface area contributed by atoms with Crippen molar-refractivity contribution in [1.29, 1.82) is 5.26 Å².